The first-order valence-electron chi connectivity index (χ1n) is 6.87. The molecule has 0 unspecified atom stereocenters. The van der Waals surface area contributed by atoms with Crippen molar-refractivity contribution in [2.75, 3.05) is 0 Å². The van der Waals surface area contributed by atoms with Gasteiger partial charge in [0, 0.05) is 11.8 Å². The first-order chi connectivity index (χ1) is 11.0. The quantitative estimate of drug-likeness (QED) is 0.750. The zero-order valence-electron chi connectivity index (χ0n) is 12.1. The van der Waals surface area contributed by atoms with Crippen molar-refractivity contribution in [3.05, 3.63) is 66.6 Å². The summed E-state index contributed by atoms with van der Waals surface area (Å²) in [4.78, 5) is 7.22. The van der Waals surface area contributed by atoms with Crippen LogP contribution in [0.15, 0.2) is 66.0 Å². The lowest BCUT2D eigenvalue weighted by Gasteiger charge is -2.10. The Morgan fingerprint density at radius 3 is 2.48 bits per heavy atom. The lowest BCUT2D eigenvalue weighted by molar-refractivity contribution is 0.307. The van der Waals surface area contributed by atoms with E-state index in [-0.39, 0.29) is 4.90 Å². The number of nitrogens with two attached hydrogens (primary N) is 1. The predicted octanol–water partition coefficient (Wildman–Crippen LogP) is 2.30. The summed E-state index contributed by atoms with van der Waals surface area (Å²) in [6.07, 6.45) is 3.40. The molecule has 3 aromatic rings. The third kappa shape index (κ3) is 3.58. The van der Waals surface area contributed by atoms with Crippen LogP contribution in [0.4, 0.5) is 0 Å². The minimum atomic E-state index is -3.68. The molecule has 0 aliphatic rings. The van der Waals surface area contributed by atoms with Crippen LogP contribution in [-0.4, -0.2) is 18.4 Å². The predicted molar refractivity (Wildman–Crippen MR) is 86.2 cm³/mol. The van der Waals surface area contributed by atoms with Crippen molar-refractivity contribution >= 4 is 10.0 Å². The summed E-state index contributed by atoms with van der Waals surface area (Å²) < 4.78 is 28.3. The van der Waals surface area contributed by atoms with Crippen molar-refractivity contribution in [3.63, 3.8) is 0 Å². The van der Waals surface area contributed by atoms with Gasteiger partial charge in [0.2, 0.25) is 10.0 Å². The van der Waals surface area contributed by atoms with Gasteiger partial charge in [-0.2, -0.15) is 0 Å². The largest absolute Gasteiger partial charge is 0.488 e. The number of para-hydroxylation sites is 1. The third-order valence-corrected chi connectivity index (χ3v) is 4.24. The molecule has 6 nitrogen and oxygen atoms in total. The molecule has 0 amide bonds. The molecule has 1 heterocycles. The van der Waals surface area contributed by atoms with Crippen LogP contribution in [-0.2, 0) is 16.6 Å². The van der Waals surface area contributed by atoms with E-state index in [1.54, 1.807) is 24.7 Å². The highest BCUT2D eigenvalue weighted by atomic mass is 32.2. The van der Waals surface area contributed by atoms with Gasteiger partial charge >= 0.3 is 0 Å². The van der Waals surface area contributed by atoms with E-state index < -0.39 is 10.0 Å². The summed E-state index contributed by atoms with van der Waals surface area (Å²) in [5.74, 6) is 0.704. The molecule has 2 aromatic carbocycles. The second-order valence-corrected chi connectivity index (χ2v) is 6.49. The SMILES string of the molecule is NS(=O)(=O)c1ccc(COc2ccccc2-c2c[nH]cn2)cc1. The number of imidazole rings is 1. The van der Waals surface area contributed by atoms with Gasteiger partial charge in [-0.1, -0.05) is 24.3 Å². The standard InChI is InChI=1S/C16H15N3O3S/c17-23(20,21)13-7-5-12(6-8-13)10-22-16-4-2-1-3-14(16)15-9-18-11-19-15/h1-9,11H,10H2,(H,18,19)(H2,17,20,21). The molecule has 0 spiro atoms. The van der Waals surface area contributed by atoms with E-state index >= 15 is 0 Å². The lowest BCUT2D eigenvalue weighted by Crippen LogP contribution is -2.12. The summed E-state index contributed by atoms with van der Waals surface area (Å²) in [5, 5.41) is 5.08. The Hall–Kier alpha value is -2.64. The maximum absolute atomic E-state index is 11.2. The first-order valence-corrected chi connectivity index (χ1v) is 8.41. The fourth-order valence-corrected chi connectivity index (χ4v) is 2.66. The molecule has 0 atom stereocenters. The van der Waals surface area contributed by atoms with Crippen LogP contribution < -0.4 is 9.88 Å². The van der Waals surface area contributed by atoms with Crippen LogP contribution >= 0.6 is 0 Å². The Kier molecular flexibility index (Phi) is 4.14. The summed E-state index contributed by atoms with van der Waals surface area (Å²) in [7, 11) is -3.68. The Morgan fingerprint density at radius 2 is 1.83 bits per heavy atom. The Labute approximate surface area is 134 Å². The number of hydrogen-bond acceptors (Lipinski definition) is 4. The molecule has 0 saturated carbocycles. The monoisotopic (exact) mass is 329 g/mol. The molecule has 7 heteroatoms. The van der Waals surface area contributed by atoms with E-state index in [2.05, 4.69) is 9.97 Å². The molecule has 118 valence electrons. The highest BCUT2D eigenvalue weighted by Gasteiger charge is 2.09. The number of aromatic amines is 1. The molecule has 1 aromatic heterocycles. The Balaban J connectivity index is 1.77. The van der Waals surface area contributed by atoms with Gasteiger partial charge in [-0.25, -0.2) is 18.5 Å². The maximum atomic E-state index is 11.2. The normalized spacial score (nSPS) is 11.3. The van der Waals surface area contributed by atoms with Crippen molar-refractivity contribution in [1.29, 1.82) is 0 Å². The van der Waals surface area contributed by atoms with Gasteiger partial charge in [0.1, 0.15) is 12.4 Å². The van der Waals surface area contributed by atoms with E-state index in [4.69, 9.17) is 9.88 Å². The van der Waals surface area contributed by atoms with E-state index in [1.807, 2.05) is 24.3 Å². The molecule has 3 rings (SSSR count). The van der Waals surface area contributed by atoms with Gasteiger partial charge in [-0.3, -0.25) is 0 Å². The van der Waals surface area contributed by atoms with Crippen LogP contribution in [0.3, 0.4) is 0 Å². The van der Waals surface area contributed by atoms with Gasteiger partial charge < -0.3 is 9.72 Å². The van der Waals surface area contributed by atoms with E-state index in [0.29, 0.717) is 12.4 Å². The molecule has 0 aliphatic heterocycles. The highest BCUT2D eigenvalue weighted by Crippen LogP contribution is 2.28. The molecular formula is C16H15N3O3S. The number of primary sulfonamides is 1. The number of rotatable bonds is 5. The fraction of sp³-hybridized carbons (Fsp3) is 0.0625. The Bertz CT molecular complexity index is 889. The van der Waals surface area contributed by atoms with Crippen LogP contribution in [0.2, 0.25) is 0 Å². The summed E-state index contributed by atoms with van der Waals surface area (Å²) >= 11 is 0. The number of H-pyrrole nitrogens is 1. The summed E-state index contributed by atoms with van der Waals surface area (Å²) in [6, 6.07) is 13.9. The molecule has 23 heavy (non-hydrogen) atoms. The Morgan fingerprint density at radius 1 is 1.09 bits per heavy atom. The van der Waals surface area contributed by atoms with Crippen LogP contribution in [0.5, 0.6) is 5.75 Å². The number of ether oxygens (including phenoxy) is 1. The number of nitrogens with zero attached hydrogens (tertiary/aromatic N) is 1. The zero-order chi connectivity index (χ0) is 16.3. The van der Waals surface area contributed by atoms with Gasteiger partial charge in [0.05, 0.1) is 16.9 Å². The average Bonchev–Trinajstić information content (AvgIpc) is 3.07. The number of hydrogen-bond donors (Lipinski definition) is 2. The van der Waals surface area contributed by atoms with Gasteiger partial charge in [0.25, 0.3) is 0 Å². The molecular weight excluding hydrogens is 314 g/mol. The van der Waals surface area contributed by atoms with Crippen molar-refractivity contribution in [2.45, 2.75) is 11.5 Å². The smallest absolute Gasteiger partial charge is 0.238 e. The fourth-order valence-electron chi connectivity index (χ4n) is 2.15. The number of nitrogens with one attached hydrogen (secondary N) is 1. The van der Waals surface area contributed by atoms with Crippen molar-refractivity contribution in [1.82, 2.24) is 9.97 Å². The molecule has 0 radical (unpaired) electrons. The van der Waals surface area contributed by atoms with Crippen LogP contribution in [0.25, 0.3) is 11.3 Å². The average molecular weight is 329 g/mol. The van der Waals surface area contributed by atoms with Gasteiger partial charge in [0.15, 0.2) is 0 Å². The van der Waals surface area contributed by atoms with E-state index in [0.717, 1.165) is 16.8 Å². The van der Waals surface area contributed by atoms with E-state index in [9.17, 15) is 8.42 Å². The van der Waals surface area contributed by atoms with Crippen LogP contribution in [0, 0.1) is 0 Å². The van der Waals surface area contributed by atoms with E-state index in [1.165, 1.54) is 12.1 Å². The minimum Gasteiger partial charge on any atom is -0.488 e. The molecule has 0 aliphatic carbocycles. The molecule has 3 N–H and O–H groups in total. The lowest BCUT2D eigenvalue weighted by atomic mass is 10.1. The van der Waals surface area contributed by atoms with Crippen molar-refractivity contribution in [2.24, 2.45) is 5.14 Å². The van der Waals surface area contributed by atoms with Gasteiger partial charge in [-0.15, -0.1) is 0 Å². The number of benzene rings is 2. The third-order valence-electron chi connectivity index (χ3n) is 3.31. The minimum absolute atomic E-state index is 0.0816. The zero-order valence-corrected chi connectivity index (χ0v) is 13.0. The van der Waals surface area contributed by atoms with Crippen molar-refractivity contribution < 1.29 is 13.2 Å². The van der Waals surface area contributed by atoms with Crippen LogP contribution in [0.1, 0.15) is 5.56 Å². The topological polar surface area (TPSA) is 98.1 Å². The summed E-state index contributed by atoms with van der Waals surface area (Å²) in [5.41, 5.74) is 2.52. The summed E-state index contributed by atoms with van der Waals surface area (Å²) in [6.45, 7) is 0.312. The second kappa shape index (κ2) is 6.23. The molecule has 0 fully saturated rings. The van der Waals surface area contributed by atoms with Crippen molar-refractivity contribution in [3.8, 4) is 17.0 Å². The highest BCUT2D eigenvalue weighted by molar-refractivity contribution is 7.89. The second-order valence-electron chi connectivity index (χ2n) is 4.93. The maximum Gasteiger partial charge on any atom is 0.238 e. The number of sulfonamides is 1. The first kappa shape index (κ1) is 15.3. The molecule has 0 bridgehead atoms. The number of aromatic nitrogens is 2. The van der Waals surface area contributed by atoms with Gasteiger partial charge in [-0.05, 0) is 29.8 Å². The molecule has 0 saturated heterocycles.